The molecule has 0 atom stereocenters. The van der Waals surface area contributed by atoms with Crippen LogP contribution in [0, 0.1) is 5.82 Å². The van der Waals surface area contributed by atoms with Crippen molar-refractivity contribution < 1.29 is 9.18 Å². The summed E-state index contributed by atoms with van der Waals surface area (Å²) in [6, 6.07) is 6.10. The number of carbonyl (C=O) groups is 1. The molecule has 0 aliphatic heterocycles. The molecule has 1 aliphatic carbocycles. The Balaban J connectivity index is 2.04. The van der Waals surface area contributed by atoms with Crippen LogP contribution in [0.3, 0.4) is 0 Å². The zero-order valence-corrected chi connectivity index (χ0v) is 11.1. The maximum Gasteiger partial charge on any atom is 0.172 e. The second-order valence-electron chi connectivity index (χ2n) is 5.20. The van der Waals surface area contributed by atoms with Gasteiger partial charge < -0.3 is 0 Å². The van der Waals surface area contributed by atoms with Gasteiger partial charge in [-0.25, -0.2) is 9.07 Å². The summed E-state index contributed by atoms with van der Waals surface area (Å²) in [5, 5.41) is 8.03. The monoisotopic (exact) mass is 273 g/mol. The number of halogens is 1. The van der Waals surface area contributed by atoms with Crippen LogP contribution in [0.1, 0.15) is 54.2 Å². The van der Waals surface area contributed by atoms with Crippen molar-refractivity contribution in [3.8, 4) is 5.69 Å². The van der Waals surface area contributed by atoms with E-state index < -0.39 is 0 Å². The van der Waals surface area contributed by atoms with Crippen molar-refractivity contribution in [3.05, 3.63) is 41.5 Å². The molecular weight excluding hydrogens is 257 g/mol. The van der Waals surface area contributed by atoms with Gasteiger partial charge in [0, 0.05) is 5.92 Å². The van der Waals surface area contributed by atoms with Crippen molar-refractivity contribution in [2.75, 3.05) is 0 Å². The van der Waals surface area contributed by atoms with Crippen LogP contribution in [0.15, 0.2) is 24.3 Å². The summed E-state index contributed by atoms with van der Waals surface area (Å²) in [6.45, 7) is 0. The van der Waals surface area contributed by atoms with E-state index in [0.717, 1.165) is 43.4 Å². The van der Waals surface area contributed by atoms with Crippen molar-refractivity contribution in [2.24, 2.45) is 0 Å². The van der Waals surface area contributed by atoms with Gasteiger partial charge >= 0.3 is 0 Å². The molecule has 20 heavy (non-hydrogen) atoms. The molecule has 0 radical (unpaired) electrons. The average Bonchev–Trinajstić information content (AvgIpc) is 2.93. The molecular formula is C15H16FN3O. The second-order valence-corrected chi connectivity index (χ2v) is 5.20. The first-order chi connectivity index (χ1) is 9.79. The van der Waals surface area contributed by atoms with Gasteiger partial charge in [-0.15, -0.1) is 5.10 Å². The lowest BCUT2D eigenvalue weighted by molar-refractivity contribution is 0.111. The van der Waals surface area contributed by atoms with E-state index >= 15 is 0 Å². The molecule has 5 heteroatoms. The number of aromatic nitrogens is 3. The molecule has 1 aromatic carbocycles. The van der Waals surface area contributed by atoms with E-state index in [2.05, 4.69) is 10.3 Å². The van der Waals surface area contributed by atoms with Crippen LogP contribution in [0.25, 0.3) is 5.69 Å². The number of carbonyl (C=O) groups excluding carboxylic acids is 1. The fraction of sp³-hybridized carbons (Fsp3) is 0.400. The van der Waals surface area contributed by atoms with Gasteiger partial charge in [0.1, 0.15) is 11.5 Å². The third-order valence-corrected chi connectivity index (χ3v) is 3.91. The molecule has 2 aromatic rings. The molecule has 0 N–H and O–H groups in total. The number of rotatable bonds is 3. The summed E-state index contributed by atoms with van der Waals surface area (Å²) in [6.07, 6.45) is 6.43. The smallest absolute Gasteiger partial charge is 0.172 e. The molecule has 3 rings (SSSR count). The quantitative estimate of drug-likeness (QED) is 0.806. The predicted octanol–water partition coefficient (Wildman–Crippen LogP) is 3.27. The standard InChI is InChI=1S/C15H16FN3O/c16-12-6-8-13(9-7-12)19-15(14(10-20)17-18-19)11-4-2-1-3-5-11/h6-11H,1-5H2. The van der Waals surface area contributed by atoms with E-state index in [4.69, 9.17) is 0 Å². The number of aldehydes is 1. The van der Waals surface area contributed by atoms with Crippen molar-refractivity contribution in [1.82, 2.24) is 15.0 Å². The number of hydrogen-bond donors (Lipinski definition) is 0. The lowest BCUT2D eigenvalue weighted by Gasteiger charge is -2.22. The van der Waals surface area contributed by atoms with Crippen LogP contribution >= 0.6 is 0 Å². The van der Waals surface area contributed by atoms with Gasteiger partial charge in [-0.1, -0.05) is 24.5 Å². The number of benzene rings is 1. The van der Waals surface area contributed by atoms with Gasteiger partial charge in [0.25, 0.3) is 0 Å². The van der Waals surface area contributed by atoms with Gasteiger partial charge in [-0.2, -0.15) is 0 Å². The first-order valence-electron chi connectivity index (χ1n) is 6.96. The Morgan fingerprint density at radius 3 is 2.50 bits per heavy atom. The van der Waals surface area contributed by atoms with E-state index in [1.807, 2.05) is 0 Å². The largest absolute Gasteiger partial charge is 0.296 e. The normalized spacial score (nSPS) is 16.2. The van der Waals surface area contributed by atoms with E-state index in [1.54, 1.807) is 16.8 Å². The Kier molecular flexibility index (Phi) is 3.58. The Hall–Kier alpha value is -2.04. The summed E-state index contributed by atoms with van der Waals surface area (Å²) in [4.78, 5) is 11.2. The third kappa shape index (κ3) is 2.35. The van der Waals surface area contributed by atoms with Crippen molar-refractivity contribution in [1.29, 1.82) is 0 Å². The molecule has 104 valence electrons. The molecule has 1 aromatic heterocycles. The topological polar surface area (TPSA) is 47.8 Å². The zero-order chi connectivity index (χ0) is 13.9. The molecule has 0 saturated heterocycles. The minimum atomic E-state index is -0.288. The maximum absolute atomic E-state index is 13.0. The molecule has 1 aliphatic rings. The average molecular weight is 273 g/mol. The lowest BCUT2D eigenvalue weighted by atomic mass is 9.86. The molecule has 0 spiro atoms. The van der Waals surface area contributed by atoms with Crippen LogP contribution in [0.2, 0.25) is 0 Å². The summed E-state index contributed by atoms with van der Waals surface area (Å²) < 4.78 is 14.7. The van der Waals surface area contributed by atoms with Gasteiger partial charge in [-0.3, -0.25) is 4.79 Å². The molecule has 0 bridgehead atoms. The number of hydrogen-bond acceptors (Lipinski definition) is 3. The fourth-order valence-electron chi connectivity index (χ4n) is 2.92. The van der Waals surface area contributed by atoms with Crippen LogP contribution < -0.4 is 0 Å². The van der Waals surface area contributed by atoms with E-state index in [0.29, 0.717) is 11.6 Å². The minimum absolute atomic E-state index is 0.288. The molecule has 0 unspecified atom stereocenters. The third-order valence-electron chi connectivity index (χ3n) is 3.91. The van der Waals surface area contributed by atoms with Gasteiger partial charge in [0.15, 0.2) is 6.29 Å². The predicted molar refractivity (Wildman–Crippen MR) is 72.5 cm³/mol. The Labute approximate surface area is 116 Å². The van der Waals surface area contributed by atoms with Crippen molar-refractivity contribution in [2.45, 2.75) is 38.0 Å². The van der Waals surface area contributed by atoms with Crippen LogP contribution in [-0.4, -0.2) is 21.3 Å². The summed E-state index contributed by atoms with van der Waals surface area (Å²) in [5.74, 6) is 0.0210. The highest BCUT2D eigenvalue weighted by Gasteiger charge is 2.24. The van der Waals surface area contributed by atoms with Gasteiger partial charge in [0.05, 0.1) is 11.4 Å². The highest BCUT2D eigenvalue weighted by atomic mass is 19.1. The van der Waals surface area contributed by atoms with Crippen LogP contribution in [0.4, 0.5) is 4.39 Å². The van der Waals surface area contributed by atoms with Gasteiger partial charge in [-0.05, 0) is 37.1 Å². The SMILES string of the molecule is O=Cc1nnn(-c2ccc(F)cc2)c1C1CCCCC1. The first-order valence-corrected chi connectivity index (χ1v) is 6.96. The Bertz CT molecular complexity index is 600. The highest BCUT2D eigenvalue weighted by molar-refractivity contribution is 5.74. The number of nitrogens with zero attached hydrogens (tertiary/aromatic N) is 3. The molecule has 0 amide bonds. The van der Waals surface area contributed by atoms with Crippen molar-refractivity contribution >= 4 is 6.29 Å². The minimum Gasteiger partial charge on any atom is -0.296 e. The van der Waals surface area contributed by atoms with Crippen molar-refractivity contribution in [3.63, 3.8) is 0 Å². The zero-order valence-electron chi connectivity index (χ0n) is 11.1. The summed E-state index contributed by atoms with van der Waals surface area (Å²) in [5.41, 5.74) is 2.01. The van der Waals surface area contributed by atoms with Gasteiger partial charge in [0.2, 0.25) is 0 Å². The molecule has 1 fully saturated rings. The summed E-state index contributed by atoms with van der Waals surface area (Å²) >= 11 is 0. The van der Waals surface area contributed by atoms with E-state index in [-0.39, 0.29) is 5.82 Å². The van der Waals surface area contributed by atoms with Crippen LogP contribution in [0.5, 0.6) is 0 Å². The Morgan fingerprint density at radius 1 is 1.15 bits per heavy atom. The highest BCUT2D eigenvalue weighted by Crippen LogP contribution is 2.34. The lowest BCUT2D eigenvalue weighted by Crippen LogP contribution is -2.12. The fourth-order valence-corrected chi connectivity index (χ4v) is 2.92. The Morgan fingerprint density at radius 2 is 1.85 bits per heavy atom. The van der Waals surface area contributed by atoms with E-state index in [9.17, 15) is 9.18 Å². The second kappa shape index (κ2) is 5.53. The molecule has 1 saturated carbocycles. The molecule has 4 nitrogen and oxygen atoms in total. The molecule has 1 heterocycles. The summed E-state index contributed by atoms with van der Waals surface area (Å²) in [7, 11) is 0. The van der Waals surface area contributed by atoms with E-state index in [1.165, 1.54) is 18.6 Å². The first kappa shape index (κ1) is 13.0. The maximum atomic E-state index is 13.0. The van der Waals surface area contributed by atoms with Crippen LogP contribution in [-0.2, 0) is 0 Å².